The fraction of sp³-hybridized carbons (Fsp3) is 0.357. The molecule has 1 aliphatic heterocycles. The summed E-state index contributed by atoms with van der Waals surface area (Å²) in [4.78, 5) is 14.2. The van der Waals surface area contributed by atoms with E-state index in [9.17, 15) is 4.79 Å². The molecule has 3 nitrogen and oxygen atoms in total. The molecule has 1 aliphatic rings. The van der Waals surface area contributed by atoms with E-state index in [-0.39, 0.29) is 11.3 Å². The Morgan fingerprint density at radius 1 is 1.39 bits per heavy atom. The summed E-state index contributed by atoms with van der Waals surface area (Å²) in [6.07, 6.45) is 3.50. The van der Waals surface area contributed by atoms with Crippen molar-refractivity contribution in [2.45, 2.75) is 18.2 Å². The average Bonchev–Trinajstić information content (AvgIpc) is 2.82. The molecular formula is C14H14ClNO2. The highest BCUT2D eigenvalue weighted by molar-refractivity contribution is 6.21. The van der Waals surface area contributed by atoms with Crippen molar-refractivity contribution in [2.24, 2.45) is 0 Å². The number of hydrogen-bond acceptors (Lipinski definition) is 2. The van der Waals surface area contributed by atoms with Crippen LogP contribution in [0.5, 0.6) is 0 Å². The number of rotatable bonds is 1. The Bertz CT molecular complexity index is 578. The fourth-order valence-electron chi connectivity index (χ4n) is 2.42. The van der Waals surface area contributed by atoms with Crippen molar-refractivity contribution in [1.82, 2.24) is 4.90 Å². The number of alkyl halides is 1. The number of amides is 1. The third-order valence-corrected chi connectivity index (χ3v) is 3.72. The Morgan fingerprint density at radius 3 is 3.06 bits per heavy atom. The SMILES string of the molecule is O=C(c1coc2ccccc12)N1CCCC(Cl)C1. The highest BCUT2D eigenvalue weighted by atomic mass is 35.5. The summed E-state index contributed by atoms with van der Waals surface area (Å²) in [7, 11) is 0. The zero-order valence-electron chi connectivity index (χ0n) is 9.93. The first-order valence-corrected chi connectivity index (χ1v) is 6.59. The lowest BCUT2D eigenvalue weighted by Gasteiger charge is -2.29. The maximum atomic E-state index is 12.4. The number of halogens is 1. The predicted octanol–water partition coefficient (Wildman–Crippen LogP) is 3.28. The van der Waals surface area contributed by atoms with Crippen molar-refractivity contribution >= 4 is 28.5 Å². The summed E-state index contributed by atoms with van der Waals surface area (Å²) in [6, 6.07) is 7.59. The van der Waals surface area contributed by atoms with Crippen molar-refractivity contribution in [3.05, 3.63) is 36.1 Å². The lowest BCUT2D eigenvalue weighted by molar-refractivity contribution is 0.0728. The summed E-state index contributed by atoms with van der Waals surface area (Å²) in [5, 5.41) is 0.945. The van der Waals surface area contributed by atoms with Gasteiger partial charge in [-0.25, -0.2) is 0 Å². The summed E-state index contributed by atoms with van der Waals surface area (Å²) in [5.41, 5.74) is 1.39. The summed E-state index contributed by atoms with van der Waals surface area (Å²) in [5.74, 6) is 0.0188. The number of furan rings is 1. The number of carbonyl (C=O) groups excluding carboxylic acids is 1. The van der Waals surface area contributed by atoms with Gasteiger partial charge in [-0.1, -0.05) is 18.2 Å². The molecule has 0 spiro atoms. The Hall–Kier alpha value is -1.48. The monoisotopic (exact) mass is 263 g/mol. The largest absolute Gasteiger partial charge is 0.463 e. The van der Waals surface area contributed by atoms with Crippen LogP contribution in [0, 0.1) is 0 Å². The van der Waals surface area contributed by atoms with E-state index in [2.05, 4.69) is 0 Å². The molecule has 3 rings (SSSR count). The molecule has 1 unspecified atom stereocenters. The third kappa shape index (κ3) is 1.99. The van der Waals surface area contributed by atoms with Gasteiger partial charge in [0, 0.05) is 18.5 Å². The molecule has 2 heterocycles. The van der Waals surface area contributed by atoms with Crippen LogP contribution in [0.25, 0.3) is 11.0 Å². The number of para-hydroxylation sites is 1. The van der Waals surface area contributed by atoms with Crippen molar-refractivity contribution < 1.29 is 9.21 Å². The van der Waals surface area contributed by atoms with Gasteiger partial charge in [0.2, 0.25) is 0 Å². The van der Waals surface area contributed by atoms with Gasteiger partial charge in [-0.05, 0) is 18.9 Å². The molecule has 0 N–H and O–H groups in total. The zero-order valence-corrected chi connectivity index (χ0v) is 10.7. The molecule has 1 fully saturated rings. The standard InChI is InChI=1S/C14H14ClNO2/c15-10-4-3-7-16(8-10)14(17)12-9-18-13-6-2-1-5-11(12)13/h1-2,5-6,9-10H,3-4,7-8H2. The molecule has 1 aromatic carbocycles. The molecule has 1 atom stereocenters. The van der Waals surface area contributed by atoms with E-state index in [0.717, 1.165) is 30.4 Å². The fourth-order valence-corrected chi connectivity index (χ4v) is 2.74. The van der Waals surface area contributed by atoms with Gasteiger partial charge in [0.1, 0.15) is 11.8 Å². The van der Waals surface area contributed by atoms with Crippen LogP contribution in [0.15, 0.2) is 34.9 Å². The highest BCUT2D eigenvalue weighted by Crippen LogP contribution is 2.24. The summed E-state index contributed by atoms with van der Waals surface area (Å²) < 4.78 is 5.41. The van der Waals surface area contributed by atoms with Gasteiger partial charge in [0.05, 0.1) is 10.9 Å². The van der Waals surface area contributed by atoms with Gasteiger partial charge in [0.15, 0.2) is 0 Å². The number of carbonyl (C=O) groups is 1. The van der Waals surface area contributed by atoms with E-state index in [1.165, 1.54) is 0 Å². The predicted molar refractivity (Wildman–Crippen MR) is 71.0 cm³/mol. The highest BCUT2D eigenvalue weighted by Gasteiger charge is 2.25. The van der Waals surface area contributed by atoms with Crippen LogP contribution in [-0.2, 0) is 0 Å². The Kier molecular flexibility index (Phi) is 3.00. The number of fused-ring (bicyclic) bond motifs is 1. The quantitative estimate of drug-likeness (QED) is 0.740. The van der Waals surface area contributed by atoms with E-state index in [4.69, 9.17) is 16.0 Å². The third-order valence-electron chi connectivity index (χ3n) is 3.36. The first-order chi connectivity index (χ1) is 8.75. The Morgan fingerprint density at radius 2 is 2.22 bits per heavy atom. The molecule has 2 aromatic rings. The molecule has 0 radical (unpaired) electrons. The molecule has 0 saturated carbocycles. The Balaban J connectivity index is 1.92. The smallest absolute Gasteiger partial charge is 0.257 e. The number of benzene rings is 1. The van der Waals surface area contributed by atoms with Crippen molar-refractivity contribution in [3.8, 4) is 0 Å². The second-order valence-electron chi connectivity index (χ2n) is 4.64. The van der Waals surface area contributed by atoms with E-state index >= 15 is 0 Å². The van der Waals surface area contributed by atoms with Crippen LogP contribution in [0.2, 0.25) is 0 Å². The lowest BCUT2D eigenvalue weighted by Crippen LogP contribution is -2.40. The molecule has 4 heteroatoms. The van der Waals surface area contributed by atoms with Gasteiger partial charge >= 0.3 is 0 Å². The first-order valence-electron chi connectivity index (χ1n) is 6.15. The zero-order chi connectivity index (χ0) is 12.5. The lowest BCUT2D eigenvalue weighted by atomic mass is 10.1. The molecule has 0 bridgehead atoms. The number of hydrogen-bond donors (Lipinski definition) is 0. The summed E-state index contributed by atoms with van der Waals surface area (Å²) in [6.45, 7) is 1.40. The van der Waals surface area contributed by atoms with E-state index < -0.39 is 0 Å². The minimum absolute atomic E-state index is 0.0188. The molecule has 94 valence electrons. The van der Waals surface area contributed by atoms with Crippen LogP contribution in [0.4, 0.5) is 0 Å². The van der Waals surface area contributed by atoms with Gasteiger partial charge < -0.3 is 9.32 Å². The molecular weight excluding hydrogens is 250 g/mol. The van der Waals surface area contributed by atoms with Gasteiger partial charge in [0.25, 0.3) is 5.91 Å². The van der Waals surface area contributed by atoms with Crippen molar-refractivity contribution in [1.29, 1.82) is 0 Å². The van der Waals surface area contributed by atoms with Crippen LogP contribution in [0.1, 0.15) is 23.2 Å². The van der Waals surface area contributed by atoms with Crippen LogP contribution in [-0.4, -0.2) is 29.3 Å². The van der Waals surface area contributed by atoms with Crippen LogP contribution in [0.3, 0.4) is 0 Å². The van der Waals surface area contributed by atoms with E-state index in [0.29, 0.717) is 12.1 Å². The number of piperidine rings is 1. The van der Waals surface area contributed by atoms with Crippen molar-refractivity contribution in [3.63, 3.8) is 0 Å². The van der Waals surface area contributed by atoms with Crippen LogP contribution < -0.4 is 0 Å². The van der Waals surface area contributed by atoms with Gasteiger partial charge in [-0.15, -0.1) is 11.6 Å². The van der Waals surface area contributed by atoms with E-state index in [1.807, 2.05) is 29.2 Å². The minimum atomic E-state index is 0.0188. The van der Waals surface area contributed by atoms with Gasteiger partial charge in [-0.3, -0.25) is 4.79 Å². The number of nitrogens with zero attached hydrogens (tertiary/aromatic N) is 1. The number of likely N-dealkylation sites (tertiary alicyclic amines) is 1. The molecule has 1 saturated heterocycles. The second kappa shape index (κ2) is 4.65. The molecule has 1 amide bonds. The van der Waals surface area contributed by atoms with E-state index in [1.54, 1.807) is 6.26 Å². The second-order valence-corrected chi connectivity index (χ2v) is 5.25. The maximum Gasteiger partial charge on any atom is 0.257 e. The molecule has 0 aliphatic carbocycles. The van der Waals surface area contributed by atoms with Crippen LogP contribution >= 0.6 is 11.6 Å². The maximum absolute atomic E-state index is 12.4. The first kappa shape index (κ1) is 11.6. The van der Waals surface area contributed by atoms with Crippen molar-refractivity contribution in [2.75, 3.05) is 13.1 Å². The topological polar surface area (TPSA) is 33.5 Å². The molecule has 18 heavy (non-hydrogen) atoms. The molecule has 1 aromatic heterocycles. The Labute approximate surface area is 110 Å². The average molecular weight is 264 g/mol. The summed E-state index contributed by atoms with van der Waals surface area (Å²) >= 11 is 6.12. The van der Waals surface area contributed by atoms with Gasteiger partial charge in [-0.2, -0.15) is 0 Å². The normalized spacial score (nSPS) is 20.3. The minimum Gasteiger partial charge on any atom is -0.463 e.